The van der Waals surface area contributed by atoms with Crippen molar-refractivity contribution in [3.63, 3.8) is 0 Å². The van der Waals surface area contributed by atoms with Crippen LogP contribution in [0.4, 0.5) is 19.1 Å². The molecule has 0 spiro atoms. The normalized spacial score (nSPS) is 16.6. The minimum absolute atomic E-state index is 0.138. The summed E-state index contributed by atoms with van der Waals surface area (Å²) in [5.74, 6) is 0.00941. The van der Waals surface area contributed by atoms with Gasteiger partial charge < -0.3 is 15.4 Å². The topological polar surface area (TPSA) is 93.4 Å². The SMILES string of the molecule is O=C1NCC[C@H]1Nc1nc2ccccc2c2nc(-c3cccc(OC(F)(F)F)c3)nn12. The Bertz CT molecular complexity index is 1300. The zero-order chi connectivity index (χ0) is 21.6. The van der Waals surface area contributed by atoms with E-state index in [0.717, 1.165) is 0 Å². The van der Waals surface area contributed by atoms with Gasteiger partial charge in [0.1, 0.15) is 11.8 Å². The van der Waals surface area contributed by atoms with Crippen molar-refractivity contribution in [2.24, 2.45) is 0 Å². The fourth-order valence-corrected chi connectivity index (χ4v) is 3.49. The Balaban J connectivity index is 1.63. The van der Waals surface area contributed by atoms with Crippen LogP contribution in [0.5, 0.6) is 5.75 Å². The van der Waals surface area contributed by atoms with Crippen LogP contribution in [-0.2, 0) is 4.79 Å². The molecule has 4 aromatic rings. The number of para-hydroxylation sites is 1. The van der Waals surface area contributed by atoms with Crippen LogP contribution >= 0.6 is 0 Å². The molecular formula is C20H15F3N6O2. The van der Waals surface area contributed by atoms with Gasteiger partial charge in [0, 0.05) is 17.5 Å². The number of benzene rings is 2. The number of ether oxygens (including phenoxy) is 1. The molecule has 11 heteroatoms. The minimum atomic E-state index is -4.80. The Morgan fingerprint density at radius 3 is 2.74 bits per heavy atom. The Kier molecular flexibility index (Phi) is 4.38. The monoisotopic (exact) mass is 428 g/mol. The van der Waals surface area contributed by atoms with Crippen LogP contribution in [0, 0.1) is 0 Å². The van der Waals surface area contributed by atoms with Crippen molar-refractivity contribution >= 4 is 28.4 Å². The number of carbonyl (C=O) groups excluding carboxylic acids is 1. The van der Waals surface area contributed by atoms with Crippen molar-refractivity contribution < 1.29 is 22.7 Å². The molecule has 0 saturated carbocycles. The lowest BCUT2D eigenvalue weighted by molar-refractivity contribution is -0.274. The molecule has 0 aliphatic carbocycles. The third-order valence-corrected chi connectivity index (χ3v) is 4.86. The average molecular weight is 428 g/mol. The van der Waals surface area contributed by atoms with Crippen LogP contribution in [0.3, 0.4) is 0 Å². The second-order valence-electron chi connectivity index (χ2n) is 6.98. The van der Waals surface area contributed by atoms with Crippen LogP contribution < -0.4 is 15.4 Å². The van der Waals surface area contributed by atoms with Crippen molar-refractivity contribution in [2.75, 3.05) is 11.9 Å². The molecule has 2 N–H and O–H groups in total. The quantitative estimate of drug-likeness (QED) is 0.519. The van der Waals surface area contributed by atoms with E-state index in [4.69, 9.17) is 0 Å². The highest BCUT2D eigenvalue weighted by atomic mass is 19.4. The standard InChI is InChI=1S/C20H15F3N6O2/c21-20(22,23)31-12-5-3-4-11(10-12)16-27-17-13-6-1-2-7-14(13)25-19(29(17)28-16)26-15-8-9-24-18(15)30/h1-7,10,15H,8-9H2,(H,24,30)(H,25,26)/t15-/m1/s1. The van der Waals surface area contributed by atoms with Gasteiger partial charge >= 0.3 is 6.36 Å². The van der Waals surface area contributed by atoms with E-state index in [1.807, 2.05) is 18.2 Å². The molecule has 2 aromatic heterocycles. The third-order valence-electron chi connectivity index (χ3n) is 4.86. The first-order valence-electron chi connectivity index (χ1n) is 9.43. The fourth-order valence-electron chi connectivity index (χ4n) is 3.49. The summed E-state index contributed by atoms with van der Waals surface area (Å²) in [6, 6.07) is 12.3. The van der Waals surface area contributed by atoms with Gasteiger partial charge in [0.25, 0.3) is 0 Å². The lowest BCUT2D eigenvalue weighted by Gasteiger charge is -2.12. The molecule has 1 amide bonds. The van der Waals surface area contributed by atoms with E-state index in [1.165, 1.54) is 22.7 Å². The molecule has 5 rings (SSSR count). The van der Waals surface area contributed by atoms with Crippen molar-refractivity contribution in [3.8, 4) is 17.1 Å². The summed E-state index contributed by atoms with van der Waals surface area (Å²) in [4.78, 5) is 21.1. The molecule has 0 bridgehead atoms. The number of hydrogen-bond acceptors (Lipinski definition) is 6. The summed E-state index contributed by atoms with van der Waals surface area (Å²) in [5, 5.41) is 11.0. The lowest BCUT2D eigenvalue weighted by Crippen LogP contribution is -2.30. The van der Waals surface area contributed by atoms with Gasteiger partial charge in [-0.3, -0.25) is 4.79 Å². The number of halogens is 3. The van der Waals surface area contributed by atoms with Crippen molar-refractivity contribution in [1.82, 2.24) is 24.9 Å². The van der Waals surface area contributed by atoms with Gasteiger partial charge in [-0.15, -0.1) is 18.3 Å². The smallest absolute Gasteiger partial charge is 0.406 e. The summed E-state index contributed by atoms with van der Waals surface area (Å²) in [6.45, 7) is 0.557. The minimum Gasteiger partial charge on any atom is -0.406 e. The maximum Gasteiger partial charge on any atom is 0.573 e. The van der Waals surface area contributed by atoms with Gasteiger partial charge in [0.15, 0.2) is 11.5 Å². The molecule has 3 heterocycles. The van der Waals surface area contributed by atoms with Crippen LogP contribution in [0.25, 0.3) is 27.9 Å². The van der Waals surface area contributed by atoms with Crippen LogP contribution in [-0.4, -0.2) is 44.4 Å². The van der Waals surface area contributed by atoms with E-state index in [9.17, 15) is 18.0 Å². The molecule has 0 unspecified atom stereocenters. The number of alkyl halides is 3. The van der Waals surface area contributed by atoms with Gasteiger partial charge in [0.05, 0.1) is 5.52 Å². The molecule has 1 saturated heterocycles. The van der Waals surface area contributed by atoms with Crippen LogP contribution in [0.15, 0.2) is 48.5 Å². The fraction of sp³-hybridized carbons (Fsp3) is 0.200. The molecule has 2 aromatic carbocycles. The number of amides is 1. The Hall–Kier alpha value is -3.89. The highest BCUT2D eigenvalue weighted by Gasteiger charge is 2.31. The van der Waals surface area contributed by atoms with Crippen LogP contribution in [0.2, 0.25) is 0 Å². The van der Waals surface area contributed by atoms with Gasteiger partial charge in [-0.25, -0.2) is 9.97 Å². The zero-order valence-electron chi connectivity index (χ0n) is 15.8. The summed E-state index contributed by atoms with van der Waals surface area (Å²) < 4.78 is 43.2. The Labute approximate surface area is 173 Å². The largest absolute Gasteiger partial charge is 0.573 e. The van der Waals surface area contributed by atoms with Gasteiger partial charge in [-0.05, 0) is 30.7 Å². The van der Waals surface area contributed by atoms with Crippen molar-refractivity contribution in [3.05, 3.63) is 48.5 Å². The van der Waals surface area contributed by atoms with Crippen molar-refractivity contribution in [2.45, 2.75) is 18.8 Å². The highest BCUT2D eigenvalue weighted by molar-refractivity contribution is 5.93. The predicted molar refractivity (Wildman–Crippen MR) is 105 cm³/mol. The van der Waals surface area contributed by atoms with E-state index in [2.05, 4.69) is 30.4 Å². The van der Waals surface area contributed by atoms with Crippen LogP contribution in [0.1, 0.15) is 6.42 Å². The Morgan fingerprint density at radius 1 is 1.13 bits per heavy atom. The maximum absolute atomic E-state index is 12.6. The number of aromatic nitrogens is 4. The number of hydrogen-bond donors (Lipinski definition) is 2. The molecule has 0 radical (unpaired) electrons. The summed E-state index contributed by atoms with van der Waals surface area (Å²) in [7, 11) is 0. The molecule has 1 fully saturated rings. The number of nitrogens with one attached hydrogen (secondary N) is 2. The van der Waals surface area contributed by atoms with E-state index in [1.54, 1.807) is 12.1 Å². The first kappa shape index (κ1) is 19.1. The summed E-state index contributed by atoms with van der Waals surface area (Å²) in [6.07, 6.45) is -4.21. The highest BCUT2D eigenvalue weighted by Crippen LogP contribution is 2.29. The number of rotatable bonds is 4. The number of carbonyl (C=O) groups is 1. The second-order valence-corrected chi connectivity index (χ2v) is 6.98. The van der Waals surface area contributed by atoms with Gasteiger partial charge in [-0.1, -0.05) is 24.3 Å². The molecule has 158 valence electrons. The lowest BCUT2D eigenvalue weighted by atomic mass is 10.2. The summed E-state index contributed by atoms with van der Waals surface area (Å²) in [5.41, 5.74) is 1.45. The third kappa shape index (κ3) is 3.69. The van der Waals surface area contributed by atoms with Gasteiger partial charge in [-0.2, -0.15) is 4.52 Å². The molecule has 8 nitrogen and oxygen atoms in total. The number of fused-ring (bicyclic) bond motifs is 3. The predicted octanol–water partition coefficient (Wildman–Crippen LogP) is 3.14. The molecule has 1 aliphatic heterocycles. The second kappa shape index (κ2) is 7.11. The molecule has 31 heavy (non-hydrogen) atoms. The number of nitrogens with zero attached hydrogens (tertiary/aromatic N) is 4. The molecule has 1 aliphatic rings. The van der Waals surface area contributed by atoms with Gasteiger partial charge in [0.2, 0.25) is 11.9 Å². The first-order chi connectivity index (χ1) is 14.9. The maximum atomic E-state index is 12.6. The molecule has 1 atom stereocenters. The van der Waals surface area contributed by atoms with Crippen molar-refractivity contribution in [1.29, 1.82) is 0 Å². The van der Waals surface area contributed by atoms with E-state index < -0.39 is 12.4 Å². The van der Waals surface area contributed by atoms with E-state index in [0.29, 0.717) is 41.0 Å². The average Bonchev–Trinajstić information content (AvgIpc) is 3.34. The first-order valence-corrected chi connectivity index (χ1v) is 9.43. The van der Waals surface area contributed by atoms with E-state index in [-0.39, 0.29) is 17.5 Å². The number of anilines is 1. The zero-order valence-corrected chi connectivity index (χ0v) is 15.8. The summed E-state index contributed by atoms with van der Waals surface area (Å²) >= 11 is 0. The molecular weight excluding hydrogens is 413 g/mol. The Morgan fingerprint density at radius 2 is 1.97 bits per heavy atom. The van der Waals surface area contributed by atoms with E-state index >= 15 is 0 Å².